The minimum Gasteiger partial charge on any atom is -0.313 e. The van der Waals surface area contributed by atoms with Gasteiger partial charge in [0.2, 0.25) is 0 Å². The number of nitrogens with one attached hydrogen (secondary N) is 1. The summed E-state index contributed by atoms with van der Waals surface area (Å²) in [5.74, 6) is 0.833. The molecular weight excluding hydrogens is 158 g/mol. The minimum atomic E-state index is 0.469. The maximum absolute atomic E-state index is 3.50. The SMILES string of the molecule is CC(C)(C)[C@@H]1CCCN1.CC(C)C. The van der Waals surface area contributed by atoms with Crippen molar-refractivity contribution in [3.8, 4) is 0 Å². The van der Waals surface area contributed by atoms with Crippen molar-refractivity contribution in [1.29, 1.82) is 0 Å². The molecule has 0 aliphatic carbocycles. The Hall–Kier alpha value is -0.0400. The van der Waals surface area contributed by atoms with Gasteiger partial charge < -0.3 is 5.32 Å². The molecule has 1 saturated heterocycles. The third-order valence-electron chi connectivity index (χ3n) is 2.11. The van der Waals surface area contributed by atoms with Crippen LogP contribution in [0.25, 0.3) is 0 Å². The van der Waals surface area contributed by atoms with Crippen LogP contribution < -0.4 is 5.32 Å². The highest BCUT2D eigenvalue weighted by Gasteiger charge is 2.26. The predicted octanol–water partition coefficient (Wildman–Crippen LogP) is 3.45. The van der Waals surface area contributed by atoms with E-state index in [0.29, 0.717) is 5.41 Å². The van der Waals surface area contributed by atoms with Gasteiger partial charge in [-0.25, -0.2) is 0 Å². The first-order valence-electron chi connectivity index (χ1n) is 5.57. The van der Waals surface area contributed by atoms with Crippen molar-refractivity contribution in [2.24, 2.45) is 11.3 Å². The van der Waals surface area contributed by atoms with Crippen LogP contribution in [0.1, 0.15) is 54.4 Å². The molecule has 1 nitrogen and oxygen atoms in total. The maximum atomic E-state index is 3.50. The molecule has 0 spiro atoms. The van der Waals surface area contributed by atoms with Crippen molar-refractivity contribution in [2.75, 3.05) is 6.54 Å². The lowest BCUT2D eigenvalue weighted by atomic mass is 9.86. The largest absolute Gasteiger partial charge is 0.313 e. The third kappa shape index (κ3) is 7.06. The normalized spacial score (nSPS) is 22.8. The lowest BCUT2D eigenvalue weighted by Crippen LogP contribution is -2.34. The van der Waals surface area contributed by atoms with Crippen molar-refractivity contribution in [2.45, 2.75) is 60.4 Å². The minimum absolute atomic E-state index is 0.469. The molecule has 0 aromatic carbocycles. The van der Waals surface area contributed by atoms with E-state index in [-0.39, 0.29) is 0 Å². The first-order chi connectivity index (χ1) is 5.84. The molecule has 1 fully saturated rings. The molecule has 0 unspecified atom stereocenters. The molecule has 0 saturated carbocycles. The molecule has 1 N–H and O–H groups in total. The summed E-state index contributed by atoms with van der Waals surface area (Å²) in [7, 11) is 0. The zero-order chi connectivity index (χ0) is 10.5. The van der Waals surface area contributed by atoms with Gasteiger partial charge in [0.1, 0.15) is 0 Å². The fraction of sp³-hybridized carbons (Fsp3) is 1.00. The molecule has 80 valence electrons. The molecule has 1 rings (SSSR count). The molecule has 1 heterocycles. The van der Waals surface area contributed by atoms with E-state index in [0.717, 1.165) is 12.0 Å². The second kappa shape index (κ2) is 5.64. The molecule has 0 radical (unpaired) electrons. The van der Waals surface area contributed by atoms with Crippen LogP contribution in [0.4, 0.5) is 0 Å². The molecular formula is C12H27N. The summed E-state index contributed by atoms with van der Waals surface area (Å²) in [6.07, 6.45) is 2.73. The van der Waals surface area contributed by atoms with Crippen molar-refractivity contribution in [1.82, 2.24) is 5.32 Å². The van der Waals surface area contributed by atoms with Crippen LogP contribution in [-0.2, 0) is 0 Å². The molecule has 1 atom stereocenters. The lowest BCUT2D eigenvalue weighted by Gasteiger charge is -2.26. The van der Waals surface area contributed by atoms with Gasteiger partial charge in [-0.2, -0.15) is 0 Å². The fourth-order valence-electron chi connectivity index (χ4n) is 1.42. The van der Waals surface area contributed by atoms with Crippen molar-refractivity contribution in [3.05, 3.63) is 0 Å². The Morgan fingerprint density at radius 1 is 1.15 bits per heavy atom. The second-order valence-corrected chi connectivity index (χ2v) is 5.75. The van der Waals surface area contributed by atoms with Crippen LogP contribution in [0.15, 0.2) is 0 Å². The average molecular weight is 185 g/mol. The van der Waals surface area contributed by atoms with Crippen molar-refractivity contribution >= 4 is 0 Å². The number of rotatable bonds is 0. The van der Waals surface area contributed by atoms with Gasteiger partial charge in [-0.15, -0.1) is 0 Å². The van der Waals surface area contributed by atoms with E-state index in [9.17, 15) is 0 Å². The van der Waals surface area contributed by atoms with Crippen LogP contribution in [-0.4, -0.2) is 12.6 Å². The fourth-order valence-corrected chi connectivity index (χ4v) is 1.42. The number of hydrogen-bond donors (Lipinski definition) is 1. The highest BCUT2D eigenvalue weighted by molar-refractivity contribution is 4.84. The van der Waals surface area contributed by atoms with Crippen LogP contribution in [0.3, 0.4) is 0 Å². The highest BCUT2D eigenvalue weighted by atomic mass is 14.9. The quantitative estimate of drug-likeness (QED) is 0.609. The Kier molecular flexibility index (Phi) is 5.62. The molecule has 1 aliphatic rings. The van der Waals surface area contributed by atoms with E-state index < -0.39 is 0 Å². The Morgan fingerprint density at radius 3 is 1.77 bits per heavy atom. The Bertz CT molecular complexity index is 113. The summed E-state index contributed by atoms with van der Waals surface area (Å²) in [5.41, 5.74) is 0.469. The van der Waals surface area contributed by atoms with E-state index in [1.54, 1.807) is 0 Å². The molecule has 0 bridgehead atoms. The monoisotopic (exact) mass is 185 g/mol. The van der Waals surface area contributed by atoms with Crippen molar-refractivity contribution in [3.63, 3.8) is 0 Å². The van der Waals surface area contributed by atoms with E-state index >= 15 is 0 Å². The van der Waals surface area contributed by atoms with Gasteiger partial charge in [-0.3, -0.25) is 0 Å². The Balaban J connectivity index is 0.000000310. The van der Waals surface area contributed by atoms with Crippen molar-refractivity contribution < 1.29 is 0 Å². The first-order valence-corrected chi connectivity index (χ1v) is 5.57. The molecule has 1 heteroatoms. The molecule has 0 aromatic rings. The van der Waals surface area contributed by atoms with E-state index in [4.69, 9.17) is 0 Å². The zero-order valence-corrected chi connectivity index (χ0v) is 10.3. The Labute approximate surface area is 84.3 Å². The summed E-state index contributed by atoms with van der Waals surface area (Å²) in [5, 5.41) is 3.50. The van der Waals surface area contributed by atoms with Gasteiger partial charge in [0, 0.05) is 6.04 Å². The van der Waals surface area contributed by atoms with E-state index in [1.807, 2.05) is 0 Å². The summed E-state index contributed by atoms with van der Waals surface area (Å²) in [6.45, 7) is 14.6. The van der Waals surface area contributed by atoms with Gasteiger partial charge in [0.25, 0.3) is 0 Å². The molecule has 1 aliphatic heterocycles. The van der Waals surface area contributed by atoms with Gasteiger partial charge in [0.05, 0.1) is 0 Å². The topological polar surface area (TPSA) is 12.0 Å². The third-order valence-corrected chi connectivity index (χ3v) is 2.11. The van der Waals surface area contributed by atoms with Gasteiger partial charge in [-0.1, -0.05) is 41.5 Å². The maximum Gasteiger partial charge on any atom is 0.0116 e. The average Bonchev–Trinajstić information content (AvgIpc) is 2.31. The molecule has 13 heavy (non-hydrogen) atoms. The standard InChI is InChI=1S/C8H17N.C4H10/c1-8(2,3)7-5-4-6-9-7;1-4(2)3/h7,9H,4-6H2,1-3H3;4H,1-3H3/t7-;/m0./s1. The summed E-state index contributed by atoms with van der Waals surface area (Å²) in [4.78, 5) is 0. The summed E-state index contributed by atoms with van der Waals surface area (Å²) in [6, 6.07) is 0.762. The van der Waals surface area contributed by atoms with Crippen LogP contribution in [0.5, 0.6) is 0 Å². The van der Waals surface area contributed by atoms with Crippen LogP contribution in [0.2, 0.25) is 0 Å². The predicted molar refractivity (Wildman–Crippen MR) is 61.0 cm³/mol. The smallest absolute Gasteiger partial charge is 0.0116 e. The van der Waals surface area contributed by atoms with E-state index in [1.165, 1.54) is 19.4 Å². The van der Waals surface area contributed by atoms with Crippen LogP contribution in [0, 0.1) is 11.3 Å². The number of hydrogen-bond acceptors (Lipinski definition) is 1. The second-order valence-electron chi connectivity index (χ2n) is 5.75. The van der Waals surface area contributed by atoms with Gasteiger partial charge >= 0.3 is 0 Å². The zero-order valence-electron chi connectivity index (χ0n) is 10.3. The van der Waals surface area contributed by atoms with Crippen LogP contribution >= 0.6 is 0 Å². The summed E-state index contributed by atoms with van der Waals surface area (Å²) >= 11 is 0. The molecule has 0 amide bonds. The van der Waals surface area contributed by atoms with E-state index in [2.05, 4.69) is 46.9 Å². The molecule has 0 aromatic heterocycles. The van der Waals surface area contributed by atoms with Gasteiger partial charge in [0.15, 0.2) is 0 Å². The lowest BCUT2D eigenvalue weighted by molar-refractivity contribution is 0.295. The Morgan fingerprint density at radius 2 is 1.62 bits per heavy atom. The van der Waals surface area contributed by atoms with Gasteiger partial charge in [-0.05, 0) is 30.7 Å². The first kappa shape index (κ1) is 13.0. The summed E-state index contributed by atoms with van der Waals surface area (Å²) < 4.78 is 0. The highest BCUT2D eigenvalue weighted by Crippen LogP contribution is 2.25.